The summed E-state index contributed by atoms with van der Waals surface area (Å²) >= 11 is 2.79. The molecule has 1 atom stereocenters. The molecule has 0 bridgehead atoms. The summed E-state index contributed by atoms with van der Waals surface area (Å²) in [6.07, 6.45) is 0.866. The van der Waals surface area contributed by atoms with Crippen molar-refractivity contribution in [2.24, 2.45) is 5.73 Å². The summed E-state index contributed by atoms with van der Waals surface area (Å²) in [4.78, 5) is 31.5. The van der Waals surface area contributed by atoms with Crippen LogP contribution in [0.25, 0.3) is 10.2 Å². The van der Waals surface area contributed by atoms with Gasteiger partial charge in [0, 0.05) is 4.88 Å². The van der Waals surface area contributed by atoms with Gasteiger partial charge in [-0.15, -0.1) is 11.3 Å². The molecule has 7 heteroatoms. The molecule has 0 fully saturated rings. The van der Waals surface area contributed by atoms with Gasteiger partial charge in [-0.05, 0) is 38.3 Å². The lowest BCUT2D eigenvalue weighted by atomic mass is 10.1. The van der Waals surface area contributed by atoms with Crippen LogP contribution in [-0.2, 0) is 17.8 Å². The first-order valence-corrected chi connectivity index (χ1v) is 10.6. The fraction of sp³-hybridized carbons (Fsp3) is 0.350. The first-order chi connectivity index (χ1) is 12.8. The molecule has 0 spiro atoms. The maximum absolute atomic E-state index is 13.3. The second-order valence-electron chi connectivity index (χ2n) is 6.62. The molecule has 0 aliphatic carbocycles. The highest BCUT2D eigenvalue weighted by molar-refractivity contribution is 8.00. The maximum atomic E-state index is 13.3. The Balaban J connectivity index is 2.18. The van der Waals surface area contributed by atoms with Gasteiger partial charge in [0.15, 0.2) is 5.16 Å². The van der Waals surface area contributed by atoms with Gasteiger partial charge in [0.05, 0.1) is 17.2 Å². The van der Waals surface area contributed by atoms with Crippen LogP contribution in [0.15, 0.2) is 34.2 Å². The molecule has 0 radical (unpaired) electrons. The van der Waals surface area contributed by atoms with Crippen molar-refractivity contribution in [3.63, 3.8) is 0 Å². The Hall–Kier alpha value is -2.12. The van der Waals surface area contributed by atoms with Gasteiger partial charge in [-0.1, -0.05) is 48.5 Å². The number of rotatable bonds is 6. The van der Waals surface area contributed by atoms with Gasteiger partial charge in [0.25, 0.3) is 5.56 Å². The summed E-state index contributed by atoms with van der Waals surface area (Å²) in [5.41, 5.74) is 8.56. The predicted octanol–water partition coefficient (Wildman–Crippen LogP) is 3.65. The van der Waals surface area contributed by atoms with Crippen molar-refractivity contribution in [1.82, 2.24) is 9.55 Å². The highest BCUT2D eigenvalue weighted by Gasteiger charge is 2.21. The van der Waals surface area contributed by atoms with Gasteiger partial charge in [-0.3, -0.25) is 14.2 Å². The number of thiophene rings is 1. The number of carbonyl (C=O) groups excluding carboxylic acids is 1. The average molecular weight is 402 g/mol. The summed E-state index contributed by atoms with van der Waals surface area (Å²) in [7, 11) is 0. The molecule has 27 heavy (non-hydrogen) atoms. The number of carbonyl (C=O) groups is 1. The summed E-state index contributed by atoms with van der Waals surface area (Å²) in [6, 6.07) is 8.07. The number of nitrogens with zero attached hydrogens (tertiary/aromatic N) is 2. The minimum absolute atomic E-state index is 0.0619. The molecule has 2 N–H and O–H groups in total. The van der Waals surface area contributed by atoms with Crippen LogP contribution in [0.4, 0.5) is 0 Å². The number of benzene rings is 1. The second kappa shape index (κ2) is 7.86. The van der Waals surface area contributed by atoms with Crippen molar-refractivity contribution in [3.05, 3.63) is 56.2 Å². The van der Waals surface area contributed by atoms with E-state index in [9.17, 15) is 9.59 Å². The molecule has 2 aromatic heterocycles. The average Bonchev–Trinajstić information content (AvgIpc) is 2.95. The number of fused-ring (bicyclic) bond motifs is 1. The SMILES string of the molecule is CCc1sc2nc(S[C@H](C)C(N)=O)n(Cc3ccc(C)cc3)c(=O)c2c1C. The third kappa shape index (κ3) is 3.94. The number of hydrogen-bond acceptors (Lipinski definition) is 5. The maximum Gasteiger partial charge on any atom is 0.263 e. The molecule has 2 heterocycles. The molecule has 5 nitrogen and oxygen atoms in total. The monoisotopic (exact) mass is 401 g/mol. The van der Waals surface area contributed by atoms with E-state index in [1.807, 2.05) is 38.1 Å². The van der Waals surface area contributed by atoms with E-state index < -0.39 is 11.2 Å². The molecule has 142 valence electrons. The molecule has 0 aliphatic heterocycles. The quantitative estimate of drug-likeness (QED) is 0.505. The number of aryl methyl sites for hydroxylation is 3. The minimum atomic E-state index is -0.467. The van der Waals surface area contributed by atoms with Crippen LogP contribution in [0, 0.1) is 13.8 Å². The van der Waals surface area contributed by atoms with E-state index in [-0.39, 0.29) is 5.56 Å². The zero-order valence-electron chi connectivity index (χ0n) is 15.9. The van der Waals surface area contributed by atoms with Gasteiger partial charge in [0.1, 0.15) is 4.83 Å². The van der Waals surface area contributed by atoms with E-state index in [0.717, 1.165) is 27.9 Å². The number of primary amides is 1. The molecule has 0 aliphatic rings. The minimum Gasteiger partial charge on any atom is -0.369 e. The Labute approximate surface area is 166 Å². The van der Waals surface area contributed by atoms with E-state index in [2.05, 4.69) is 6.92 Å². The normalized spacial score (nSPS) is 12.4. The lowest BCUT2D eigenvalue weighted by Gasteiger charge is -2.14. The van der Waals surface area contributed by atoms with E-state index in [1.54, 1.807) is 22.8 Å². The topological polar surface area (TPSA) is 78.0 Å². The van der Waals surface area contributed by atoms with Crippen molar-refractivity contribution in [3.8, 4) is 0 Å². The van der Waals surface area contributed by atoms with Crippen LogP contribution in [0.3, 0.4) is 0 Å². The Morgan fingerprint density at radius 1 is 1.30 bits per heavy atom. The molecule has 0 unspecified atom stereocenters. The zero-order valence-corrected chi connectivity index (χ0v) is 17.5. The Morgan fingerprint density at radius 3 is 2.56 bits per heavy atom. The van der Waals surface area contributed by atoms with Crippen LogP contribution >= 0.6 is 23.1 Å². The highest BCUT2D eigenvalue weighted by atomic mass is 32.2. The van der Waals surface area contributed by atoms with Crippen LogP contribution in [-0.4, -0.2) is 20.7 Å². The summed E-state index contributed by atoms with van der Waals surface area (Å²) in [6.45, 7) is 8.23. The zero-order chi connectivity index (χ0) is 19.7. The van der Waals surface area contributed by atoms with E-state index in [4.69, 9.17) is 10.7 Å². The lowest BCUT2D eigenvalue weighted by Crippen LogP contribution is -2.27. The number of nitrogens with two attached hydrogens (primary N) is 1. The number of aromatic nitrogens is 2. The molecule has 0 saturated carbocycles. The van der Waals surface area contributed by atoms with E-state index in [0.29, 0.717) is 17.1 Å². The summed E-state index contributed by atoms with van der Waals surface area (Å²) in [5.74, 6) is -0.423. The Morgan fingerprint density at radius 2 is 1.96 bits per heavy atom. The van der Waals surface area contributed by atoms with Gasteiger partial charge < -0.3 is 5.73 Å². The molecule has 0 saturated heterocycles. The fourth-order valence-corrected chi connectivity index (χ4v) is 4.92. The van der Waals surface area contributed by atoms with Gasteiger partial charge in [-0.25, -0.2) is 4.98 Å². The van der Waals surface area contributed by atoms with Crippen LogP contribution in [0.2, 0.25) is 0 Å². The number of hydrogen-bond donors (Lipinski definition) is 1. The molecule has 1 aromatic carbocycles. The Kier molecular flexibility index (Phi) is 5.72. The molecular weight excluding hydrogens is 378 g/mol. The van der Waals surface area contributed by atoms with Crippen molar-refractivity contribution in [1.29, 1.82) is 0 Å². The Bertz CT molecular complexity index is 1050. The third-order valence-electron chi connectivity index (χ3n) is 4.58. The first kappa shape index (κ1) is 19.6. The van der Waals surface area contributed by atoms with Crippen molar-refractivity contribution >= 4 is 39.2 Å². The van der Waals surface area contributed by atoms with Crippen LogP contribution in [0.5, 0.6) is 0 Å². The molecule has 3 rings (SSSR count). The highest BCUT2D eigenvalue weighted by Crippen LogP contribution is 2.30. The van der Waals surface area contributed by atoms with Gasteiger partial charge in [0.2, 0.25) is 5.91 Å². The number of amides is 1. The van der Waals surface area contributed by atoms with Crippen molar-refractivity contribution in [2.75, 3.05) is 0 Å². The first-order valence-electron chi connectivity index (χ1n) is 8.86. The lowest BCUT2D eigenvalue weighted by molar-refractivity contribution is -0.117. The van der Waals surface area contributed by atoms with Gasteiger partial charge in [-0.2, -0.15) is 0 Å². The summed E-state index contributed by atoms with van der Waals surface area (Å²) in [5, 5.41) is 0.744. The molecular formula is C20H23N3O2S2. The standard InChI is InChI=1S/C20H23N3O2S2/c1-5-15-12(3)16-18(27-15)22-20(26-13(4)17(21)24)23(19(16)25)10-14-8-6-11(2)7-9-14/h6-9,13H,5,10H2,1-4H3,(H2,21,24)/t13-/m1/s1. The smallest absolute Gasteiger partial charge is 0.263 e. The molecule has 1 amide bonds. The summed E-state index contributed by atoms with van der Waals surface area (Å²) < 4.78 is 1.66. The van der Waals surface area contributed by atoms with Crippen LogP contribution < -0.4 is 11.3 Å². The predicted molar refractivity (Wildman–Crippen MR) is 113 cm³/mol. The molecule has 3 aromatic rings. The van der Waals surface area contributed by atoms with Crippen LogP contribution in [0.1, 0.15) is 35.4 Å². The number of thioether (sulfide) groups is 1. The van der Waals surface area contributed by atoms with Crippen molar-refractivity contribution in [2.45, 2.75) is 51.1 Å². The van der Waals surface area contributed by atoms with E-state index >= 15 is 0 Å². The second-order valence-corrected chi connectivity index (χ2v) is 9.01. The van der Waals surface area contributed by atoms with E-state index in [1.165, 1.54) is 16.6 Å². The fourth-order valence-electron chi connectivity index (χ4n) is 2.90. The van der Waals surface area contributed by atoms with Crippen molar-refractivity contribution < 1.29 is 4.79 Å². The largest absolute Gasteiger partial charge is 0.369 e. The third-order valence-corrected chi connectivity index (χ3v) is 7.02. The van der Waals surface area contributed by atoms with Gasteiger partial charge >= 0.3 is 0 Å².